The van der Waals surface area contributed by atoms with E-state index in [1.165, 1.54) is 0 Å². The van der Waals surface area contributed by atoms with Crippen LogP contribution in [0.25, 0.3) is 0 Å². The van der Waals surface area contributed by atoms with Crippen LogP contribution in [0.3, 0.4) is 0 Å². The van der Waals surface area contributed by atoms with Crippen LogP contribution in [0.1, 0.15) is 116 Å². The van der Waals surface area contributed by atoms with E-state index in [2.05, 4.69) is 24.5 Å². The monoisotopic (exact) mass is 531 g/mol. The molecule has 216 valence electrons. The van der Waals surface area contributed by atoms with Gasteiger partial charge in [0.05, 0.1) is 0 Å². The summed E-state index contributed by atoms with van der Waals surface area (Å²) in [6.45, 7) is 18.4. The van der Waals surface area contributed by atoms with Gasteiger partial charge in [-0.1, -0.05) is 83.6 Å². The van der Waals surface area contributed by atoms with Gasteiger partial charge < -0.3 is 20.3 Å². The number of ether oxygens (including phenoxy) is 1. The second-order valence-electron chi connectivity index (χ2n) is 11.7. The van der Waals surface area contributed by atoms with Gasteiger partial charge in [0, 0.05) is 13.1 Å². The molecule has 1 aromatic carbocycles. The van der Waals surface area contributed by atoms with Crippen molar-refractivity contribution < 1.29 is 19.1 Å². The Morgan fingerprint density at radius 3 is 2.16 bits per heavy atom. The SMILES string of the molecule is CCCCCCN(C(=O)C(NC(=O)OC(C)(C)C)C(C)C)C(C(=O)NCCCCC)c1cc(C)ccc1C. The second kappa shape index (κ2) is 16.4. The first-order valence-corrected chi connectivity index (χ1v) is 14.5. The standard InChI is InChI=1S/C31H53N3O4/c1-10-12-14-16-20-34(29(36)26(22(3)4)33-30(37)38-31(7,8)9)27(28(35)32-19-15-13-11-2)25-21-23(5)17-18-24(25)6/h17-18,21-22,26-27H,10-16,19-20H2,1-9H3,(H,32,35)(H,33,37). The summed E-state index contributed by atoms with van der Waals surface area (Å²) in [5.41, 5.74) is 2.12. The lowest BCUT2D eigenvalue weighted by Crippen LogP contribution is -2.55. The van der Waals surface area contributed by atoms with Crippen molar-refractivity contribution in [2.24, 2.45) is 5.92 Å². The first-order chi connectivity index (χ1) is 17.8. The average Bonchev–Trinajstić information content (AvgIpc) is 2.82. The number of aryl methyl sites for hydroxylation is 2. The van der Waals surface area contributed by atoms with E-state index >= 15 is 0 Å². The lowest BCUT2D eigenvalue weighted by atomic mass is 9.94. The number of unbranched alkanes of at least 4 members (excludes halogenated alkanes) is 5. The molecule has 1 rings (SSSR count). The van der Waals surface area contributed by atoms with Gasteiger partial charge in [-0.15, -0.1) is 0 Å². The maximum absolute atomic E-state index is 14.2. The Bertz CT molecular complexity index is 892. The van der Waals surface area contributed by atoms with Crippen molar-refractivity contribution in [3.8, 4) is 0 Å². The van der Waals surface area contributed by atoms with Crippen molar-refractivity contribution in [1.82, 2.24) is 15.5 Å². The van der Waals surface area contributed by atoms with Gasteiger partial charge in [-0.25, -0.2) is 4.79 Å². The van der Waals surface area contributed by atoms with Gasteiger partial charge in [0.15, 0.2) is 0 Å². The maximum atomic E-state index is 14.2. The third-order valence-corrected chi connectivity index (χ3v) is 6.51. The molecule has 0 radical (unpaired) electrons. The zero-order valence-corrected chi connectivity index (χ0v) is 25.4. The van der Waals surface area contributed by atoms with Crippen molar-refractivity contribution in [3.63, 3.8) is 0 Å². The third-order valence-electron chi connectivity index (χ3n) is 6.51. The molecule has 0 heterocycles. The lowest BCUT2D eigenvalue weighted by Gasteiger charge is -2.36. The summed E-state index contributed by atoms with van der Waals surface area (Å²) in [6.07, 6.45) is 6.22. The lowest BCUT2D eigenvalue weighted by molar-refractivity contribution is -0.143. The zero-order valence-electron chi connectivity index (χ0n) is 25.4. The number of hydrogen-bond donors (Lipinski definition) is 2. The highest BCUT2D eigenvalue weighted by Gasteiger charge is 2.37. The van der Waals surface area contributed by atoms with Crippen LogP contribution < -0.4 is 10.6 Å². The highest BCUT2D eigenvalue weighted by Crippen LogP contribution is 2.28. The van der Waals surface area contributed by atoms with Crippen LogP contribution in [0.2, 0.25) is 0 Å². The molecule has 1 aromatic rings. The second-order valence-corrected chi connectivity index (χ2v) is 11.7. The van der Waals surface area contributed by atoms with Crippen LogP contribution in [-0.4, -0.2) is 47.5 Å². The Morgan fingerprint density at radius 1 is 0.947 bits per heavy atom. The van der Waals surface area contributed by atoms with E-state index in [-0.39, 0.29) is 17.7 Å². The average molecular weight is 532 g/mol. The summed E-state index contributed by atoms with van der Waals surface area (Å²) in [5, 5.41) is 5.90. The molecule has 2 unspecified atom stereocenters. The van der Waals surface area contributed by atoms with E-state index in [1.54, 1.807) is 25.7 Å². The van der Waals surface area contributed by atoms with Crippen LogP contribution in [0.15, 0.2) is 18.2 Å². The molecule has 0 saturated heterocycles. The van der Waals surface area contributed by atoms with E-state index in [0.29, 0.717) is 13.1 Å². The molecule has 0 aliphatic heterocycles. The molecular weight excluding hydrogens is 478 g/mol. The largest absolute Gasteiger partial charge is 0.444 e. The summed E-state index contributed by atoms with van der Waals surface area (Å²) in [6, 6.07) is 4.41. The number of nitrogens with zero attached hydrogens (tertiary/aromatic N) is 1. The number of alkyl carbamates (subject to hydrolysis) is 1. The summed E-state index contributed by atoms with van der Waals surface area (Å²) < 4.78 is 5.46. The van der Waals surface area contributed by atoms with Crippen LogP contribution in [0.5, 0.6) is 0 Å². The van der Waals surface area contributed by atoms with Crippen LogP contribution in [0.4, 0.5) is 4.79 Å². The fourth-order valence-corrected chi connectivity index (χ4v) is 4.39. The topological polar surface area (TPSA) is 87.7 Å². The molecule has 0 aromatic heterocycles. The molecule has 7 heteroatoms. The van der Waals surface area contributed by atoms with E-state index in [0.717, 1.165) is 61.6 Å². The minimum atomic E-state index is -0.823. The van der Waals surface area contributed by atoms with Crippen molar-refractivity contribution in [2.75, 3.05) is 13.1 Å². The van der Waals surface area contributed by atoms with Gasteiger partial charge in [-0.05, 0) is 64.5 Å². The molecule has 0 spiro atoms. The smallest absolute Gasteiger partial charge is 0.408 e. The number of carbonyl (C=O) groups excluding carboxylic acids is 3. The van der Waals surface area contributed by atoms with Gasteiger partial charge >= 0.3 is 6.09 Å². The maximum Gasteiger partial charge on any atom is 0.408 e. The van der Waals surface area contributed by atoms with E-state index in [9.17, 15) is 14.4 Å². The van der Waals surface area contributed by atoms with Crippen molar-refractivity contribution in [3.05, 3.63) is 34.9 Å². The zero-order chi connectivity index (χ0) is 28.9. The Labute approximate surface area is 231 Å². The van der Waals surface area contributed by atoms with Crippen LogP contribution >= 0.6 is 0 Å². The van der Waals surface area contributed by atoms with Gasteiger partial charge in [0.25, 0.3) is 0 Å². The molecule has 0 saturated carbocycles. The first kappa shape index (κ1) is 33.5. The number of benzene rings is 1. The number of nitrogens with one attached hydrogen (secondary N) is 2. The van der Waals surface area contributed by atoms with Crippen molar-refractivity contribution in [2.45, 2.75) is 125 Å². The number of hydrogen-bond acceptors (Lipinski definition) is 4. The van der Waals surface area contributed by atoms with Gasteiger partial charge in [-0.3, -0.25) is 9.59 Å². The minimum Gasteiger partial charge on any atom is -0.444 e. The van der Waals surface area contributed by atoms with E-state index < -0.39 is 23.8 Å². The normalized spacial score (nSPS) is 13.1. The number of rotatable bonds is 15. The molecule has 2 atom stereocenters. The quantitative estimate of drug-likeness (QED) is 0.249. The highest BCUT2D eigenvalue weighted by molar-refractivity contribution is 5.92. The molecule has 0 aliphatic carbocycles. The Kier molecular flexibility index (Phi) is 14.4. The molecule has 2 N–H and O–H groups in total. The summed E-state index contributed by atoms with van der Waals surface area (Å²) in [4.78, 5) is 42.4. The molecule has 0 bridgehead atoms. The summed E-state index contributed by atoms with van der Waals surface area (Å²) in [7, 11) is 0. The fourth-order valence-electron chi connectivity index (χ4n) is 4.39. The molecule has 38 heavy (non-hydrogen) atoms. The number of amides is 3. The predicted molar refractivity (Wildman–Crippen MR) is 155 cm³/mol. The molecular formula is C31H53N3O4. The Balaban J connectivity index is 3.48. The molecule has 7 nitrogen and oxygen atoms in total. The molecule has 3 amide bonds. The van der Waals surface area contributed by atoms with Gasteiger partial charge in [0.1, 0.15) is 17.7 Å². The summed E-state index contributed by atoms with van der Waals surface area (Å²) in [5.74, 6) is -0.643. The third kappa shape index (κ3) is 11.4. The molecule has 0 fully saturated rings. The van der Waals surface area contributed by atoms with Crippen LogP contribution in [0, 0.1) is 19.8 Å². The van der Waals surface area contributed by atoms with Gasteiger partial charge in [-0.2, -0.15) is 0 Å². The highest BCUT2D eigenvalue weighted by atomic mass is 16.6. The van der Waals surface area contributed by atoms with E-state index in [1.807, 2.05) is 45.9 Å². The Hall–Kier alpha value is -2.57. The number of carbonyl (C=O) groups is 3. The van der Waals surface area contributed by atoms with Crippen LogP contribution in [-0.2, 0) is 14.3 Å². The van der Waals surface area contributed by atoms with Crippen molar-refractivity contribution in [1.29, 1.82) is 0 Å². The Morgan fingerprint density at radius 2 is 1.58 bits per heavy atom. The minimum absolute atomic E-state index is 0.182. The predicted octanol–water partition coefficient (Wildman–Crippen LogP) is 6.61. The van der Waals surface area contributed by atoms with Gasteiger partial charge in [0.2, 0.25) is 11.8 Å². The first-order valence-electron chi connectivity index (χ1n) is 14.5. The van der Waals surface area contributed by atoms with Crippen molar-refractivity contribution >= 4 is 17.9 Å². The van der Waals surface area contributed by atoms with E-state index in [4.69, 9.17) is 4.74 Å². The molecule has 0 aliphatic rings. The fraction of sp³-hybridized carbons (Fsp3) is 0.710. The summed E-state index contributed by atoms with van der Waals surface area (Å²) >= 11 is 0.